The van der Waals surface area contributed by atoms with Crippen LogP contribution in [0.4, 0.5) is 10.1 Å². The fraction of sp³-hybridized carbons (Fsp3) is 0.462. The lowest BCUT2D eigenvalue weighted by Crippen LogP contribution is -2.29. The average Bonchev–Trinajstić information content (AvgIpc) is 2.37. The Hall–Kier alpha value is -1.78. The maximum atomic E-state index is 13.2. The van der Waals surface area contributed by atoms with Gasteiger partial charge < -0.3 is 4.43 Å². The standard InChI is InChI=1S/C13H17FN2O3Si/c1-20(2,8-4-3-7-15)19-10-11-5-6-12(14)13(9-11)16(17)18/h5-6,9H,3-4,8,10H2,1-2H3. The Morgan fingerprint density at radius 2 is 2.20 bits per heavy atom. The first-order valence-corrected chi connectivity index (χ1v) is 9.41. The molecule has 0 aromatic heterocycles. The van der Waals surface area contributed by atoms with Crippen molar-refractivity contribution in [2.45, 2.75) is 38.6 Å². The molecular weight excluding hydrogens is 279 g/mol. The lowest BCUT2D eigenvalue weighted by molar-refractivity contribution is -0.387. The van der Waals surface area contributed by atoms with E-state index in [0.29, 0.717) is 12.0 Å². The van der Waals surface area contributed by atoms with Crippen LogP contribution >= 0.6 is 0 Å². The van der Waals surface area contributed by atoms with Gasteiger partial charge in [-0.3, -0.25) is 10.1 Å². The number of benzene rings is 1. The van der Waals surface area contributed by atoms with Gasteiger partial charge in [0.05, 0.1) is 17.6 Å². The SMILES string of the molecule is C[Si](C)(CCCC#N)OCc1ccc(F)c([N+](=O)[O-])c1. The van der Waals surface area contributed by atoms with Gasteiger partial charge in [-0.25, -0.2) is 0 Å². The third kappa shape index (κ3) is 5.07. The zero-order valence-electron chi connectivity index (χ0n) is 11.6. The molecule has 0 aliphatic heterocycles. The number of halogens is 1. The van der Waals surface area contributed by atoms with Crippen LogP contribution in [0, 0.1) is 27.3 Å². The zero-order valence-corrected chi connectivity index (χ0v) is 12.6. The first kappa shape index (κ1) is 16.3. The van der Waals surface area contributed by atoms with E-state index in [4.69, 9.17) is 9.69 Å². The van der Waals surface area contributed by atoms with Gasteiger partial charge in [-0.2, -0.15) is 9.65 Å². The monoisotopic (exact) mass is 296 g/mol. The van der Waals surface area contributed by atoms with Gasteiger partial charge in [0.1, 0.15) is 0 Å². The van der Waals surface area contributed by atoms with Gasteiger partial charge in [0.25, 0.3) is 0 Å². The van der Waals surface area contributed by atoms with Crippen molar-refractivity contribution in [1.29, 1.82) is 5.26 Å². The topological polar surface area (TPSA) is 76.2 Å². The summed E-state index contributed by atoms with van der Waals surface area (Å²) in [4.78, 5) is 9.91. The second kappa shape index (κ2) is 7.12. The van der Waals surface area contributed by atoms with Gasteiger partial charge in [0.2, 0.25) is 5.82 Å². The Bertz CT molecular complexity index is 529. The van der Waals surface area contributed by atoms with Crippen LogP contribution in [0.5, 0.6) is 0 Å². The summed E-state index contributed by atoms with van der Waals surface area (Å²) in [6, 6.07) is 6.72. The summed E-state index contributed by atoms with van der Waals surface area (Å²) in [7, 11) is -1.90. The van der Waals surface area contributed by atoms with Gasteiger partial charge in [-0.15, -0.1) is 0 Å². The molecule has 0 heterocycles. The first-order chi connectivity index (χ1) is 9.35. The molecule has 7 heteroatoms. The summed E-state index contributed by atoms with van der Waals surface area (Å²) in [5.41, 5.74) is 0.0500. The number of nitro benzene ring substituents is 1. The Morgan fingerprint density at radius 1 is 1.50 bits per heavy atom. The third-order valence-corrected chi connectivity index (χ3v) is 5.39. The van der Waals surface area contributed by atoms with Crippen molar-refractivity contribution in [2.75, 3.05) is 0 Å². The van der Waals surface area contributed by atoms with Crippen LogP contribution in [-0.2, 0) is 11.0 Å². The Kier molecular flexibility index (Phi) is 5.79. The lowest BCUT2D eigenvalue weighted by Gasteiger charge is -2.22. The van der Waals surface area contributed by atoms with Crippen molar-refractivity contribution < 1.29 is 13.7 Å². The molecule has 1 aromatic rings. The third-order valence-electron chi connectivity index (χ3n) is 2.90. The van der Waals surface area contributed by atoms with Gasteiger partial charge in [-0.05, 0) is 37.2 Å². The molecule has 0 unspecified atom stereocenters. The van der Waals surface area contributed by atoms with Crippen LogP contribution in [0.3, 0.4) is 0 Å². The molecule has 0 N–H and O–H groups in total. The molecule has 0 saturated carbocycles. The molecule has 108 valence electrons. The van der Waals surface area contributed by atoms with Crippen molar-refractivity contribution >= 4 is 14.0 Å². The van der Waals surface area contributed by atoms with E-state index >= 15 is 0 Å². The summed E-state index contributed by atoms with van der Waals surface area (Å²) in [5.74, 6) is -0.843. The number of nitrogens with zero attached hydrogens (tertiary/aromatic N) is 2. The number of hydrogen-bond donors (Lipinski definition) is 0. The van der Waals surface area contributed by atoms with E-state index in [-0.39, 0.29) is 6.61 Å². The molecule has 0 atom stereocenters. The molecular formula is C13H17FN2O3Si. The Balaban J connectivity index is 2.63. The smallest absolute Gasteiger partial charge is 0.305 e. The van der Waals surface area contributed by atoms with E-state index in [1.807, 2.05) is 13.1 Å². The Labute approximate surface area is 118 Å². The van der Waals surface area contributed by atoms with E-state index < -0.39 is 24.7 Å². The van der Waals surface area contributed by atoms with Crippen LogP contribution < -0.4 is 0 Å². The number of rotatable bonds is 7. The maximum Gasteiger partial charge on any atom is 0.305 e. The second-order valence-electron chi connectivity index (χ2n) is 5.10. The molecule has 0 fully saturated rings. The Morgan fingerprint density at radius 3 is 2.80 bits per heavy atom. The molecule has 0 aliphatic rings. The molecule has 0 bridgehead atoms. The second-order valence-corrected chi connectivity index (χ2v) is 9.41. The number of nitro groups is 1. The molecule has 1 rings (SSSR count). The van der Waals surface area contributed by atoms with Gasteiger partial charge in [0.15, 0.2) is 8.32 Å². The lowest BCUT2D eigenvalue weighted by atomic mass is 10.2. The minimum Gasteiger partial charge on any atom is -0.413 e. The number of unbranched alkanes of at least 4 members (excludes halogenated alkanes) is 1. The average molecular weight is 296 g/mol. The van der Waals surface area contributed by atoms with E-state index in [0.717, 1.165) is 18.5 Å². The number of nitriles is 1. The molecule has 5 nitrogen and oxygen atoms in total. The van der Waals surface area contributed by atoms with Crippen molar-refractivity contribution in [3.05, 3.63) is 39.7 Å². The minimum absolute atomic E-state index is 0.229. The van der Waals surface area contributed by atoms with Crippen molar-refractivity contribution in [2.24, 2.45) is 0 Å². The van der Waals surface area contributed by atoms with Crippen molar-refractivity contribution in [3.8, 4) is 6.07 Å². The van der Waals surface area contributed by atoms with Gasteiger partial charge >= 0.3 is 5.69 Å². The number of hydrogen-bond acceptors (Lipinski definition) is 4. The zero-order chi connectivity index (χ0) is 15.2. The van der Waals surface area contributed by atoms with Crippen LogP contribution in [0.2, 0.25) is 19.1 Å². The summed E-state index contributed by atoms with van der Waals surface area (Å²) in [5, 5.41) is 19.2. The van der Waals surface area contributed by atoms with E-state index in [1.165, 1.54) is 12.1 Å². The molecule has 0 radical (unpaired) electrons. The molecule has 0 spiro atoms. The highest BCUT2D eigenvalue weighted by atomic mass is 28.4. The van der Waals surface area contributed by atoms with E-state index in [2.05, 4.69) is 6.07 Å². The fourth-order valence-electron chi connectivity index (χ4n) is 1.73. The quantitative estimate of drug-likeness (QED) is 0.332. The fourth-order valence-corrected chi connectivity index (χ4v) is 3.46. The highest BCUT2D eigenvalue weighted by Crippen LogP contribution is 2.21. The molecule has 0 saturated heterocycles. The van der Waals surface area contributed by atoms with Gasteiger partial charge in [-0.1, -0.05) is 6.07 Å². The highest BCUT2D eigenvalue weighted by molar-refractivity contribution is 6.71. The molecule has 20 heavy (non-hydrogen) atoms. The van der Waals surface area contributed by atoms with Crippen molar-refractivity contribution in [1.82, 2.24) is 0 Å². The summed E-state index contributed by atoms with van der Waals surface area (Å²) < 4.78 is 19.0. The van der Waals surface area contributed by atoms with Crippen LogP contribution in [-0.4, -0.2) is 13.2 Å². The first-order valence-electron chi connectivity index (χ1n) is 6.29. The predicted molar refractivity (Wildman–Crippen MR) is 75.0 cm³/mol. The molecule has 1 aromatic carbocycles. The molecule has 0 aliphatic carbocycles. The maximum absolute atomic E-state index is 13.2. The normalized spacial score (nSPS) is 11.1. The highest BCUT2D eigenvalue weighted by Gasteiger charge is 2.22. The molecule has 0 amide bonds. The van der Waals surface area contributed by atoms with Crippen molar-refractivity contribution in [3.63, 3.8) is 0 Å². The van der Waals surface area contributed by atoms with E-state index in [1.54, 1.807) is 0 Å². The van der Waals surface area contributed by atoms with Crippen LogP contribution in [0.15, 0.2) is 18.2 Å². The predicted octanol–water partition coefficient (Wildman–Crippen LogP) is 3.76. The van der Waals surface area contributed by atoms with E-state index in [9.17, 15) is 14.5 Å². The van der Waals surface area contributed by atoms with Crippen LogP contribution in [0.1, 0.15) is 18.4 Å². The summed E-state index contributed by atoms with van der Waals surface area (Å²) in [6.45, 7) is 4.29. The van der Waals surface area contributed by atoms with Crippen LogP contribution in [0.25, 0.3) is 0 Å². The minimum atomic E-state index is -1.90. The largest absolute Gasteiger partial charge is 0.413 e. The summed E-state index contributed by atoms with van der Waals surface area (Å²) in [6.07, 6.45) is 1.29. The summed E-state index contributed by atoms with van der Waals surface area (Å²) >= 11 is 0. The van der Waals surface area contributed by atoms with Gasteiger partial charge in [0, 0.05) is 12.5 Å².